The number of aromatic nitrogens is 4. The number of hydrogen-bond acceptors (Lipinski definition) is 6. The van der Waals surface area contributed by atoms with Crippen LogP contribution in [0.3, 0.4) is 0 Å². The van der Waals surface area contributed by atoms with E-state index in [9.17, 15) is 0 Å². The third kappa shape index (κ3) is 7.77. The van der Waals surface area contributed by atoms with Crippen LogP contribution in [-0.2, 0) is 13.1 Å². The van der Waals surface area contributed by atoms with Crippen LogP contribution < -0.4 is 10.6 Å². The molecule has 6 heteroatoms. The second-order valence-corrected chi connectivity index (χ2v) is 8.95. The molecule has 6 nitrogen and oxygen atoms in total. The Labute approximate surface area is 208 Å². The maximum absolute atomic E-state index is 4.48. The average Bonchev–Trinajstić information content (AvgIpc) is 2.88. The second-order valence-electron chi connectivity index (χ2n) is 8.95. The Bertz CT molecular complexity index is 1130. The molecule has 0 amide bonds. The molecule has 0 saturated carbocycles. The van der Waals surface area contributed by atoms with E-state index >= 15 is 0 Å². The highest BCUT2D eigenvalue weighted by atomic mass is 14.9. The highest BCUT2D eigenvalue weighted by Crippen LogP contribution is 2.17. The highest BCUT2D eigenvalue weighted by molar-refractivity contribution is 5.56. The molecule has 180 valence electrons. The van der Waals surface area contributed by atoms with Gasteiger partial charge in [0.2, 0.25) is 0 Å². The molecular weight excluding hydrogens is 432 g/mol. The lowest BCUT2D eigenvalue weighted by Gasteiger charge is -2.08. The molecule has 4 aromatic rings. The van der Waals surface area contributed by atoms with Crippen LogP contribution in [-0.4, -0.2) is 33.0 Å². The minimum Gasteiger partial charge on any atom is -0.313 e. The maximum atomic E-state index is 4.48. The molecule has 2 N–H and O–H groups in total. The van der Waals surface area contributed by atoms with E-state index in [4.69, 9.17) is 0 Å². The first-order chi connectivity index (χ1) is 17.2. The van der Waals surface area contributed by atoms with Gasteiger partial charge < -0.3 is 10.6 Å². The molecule has 0 fully saturated rings. The molecule has 0 saturated heterocycles. The van der Waals surface area contributed by atoms with E-state index in [1.807, 2.05) is 36.9 Å². The Morgan fingerprint density at radius 1 is 0.514 bits per heavy atom. The van der Waals surface area contributed by atoms with Crippen LogP contribution in [0, 0.1) is 13.8 Å². The monoisotopic (exact) mass is 466 g/mol. The van der Waals surface area contributed by atoms with Gasteiger partial charge in [-0.25, -0.2) is 0 Å². The number of aryl methyl sites for hydroxylation is 2. The predicted molar refractivity (Wildman–Crippen MR) is 142 cm³/mol. The van der Waals surface area contributed by atoms with Crippen LogP contribution in [0.15, 0.2) is 73.3 Å². The number of nitrogens with one attached hydrogen (secondary N) is 2. The van der Waals surface area contributed by atoms with Gasteiger partial charge in [-0.05, 0) is 111 Å². The predicted octanol–water partition coefficient (Wildman–Crippen LogP) is 5.27. The fraction of sp³-hybridized carbons (Fsp3) is 0.310. The third-order valence-corrected chi connectivity index (χ3v) is 5.87. The van der Waals surface area contributed by atoms with E-state index < -0.39 is 0 Å². The van der Waals surface area contributed by atoms with E-state index in [1.54, 1.807) is 0 Å². The van der Waals surface area contributed by atoms with Crippen molar-refractivity contribution < 1.29 is 0 Å². The van der Waals surface area contributed by atoms with Gasteiger partial charge in [0, 0.05) is 37.9 Å². The van der Waals surface area contributed by atoms with Crippen LogP contribution in [0.25, 0.3) is 22.8 Å². The molecule has 35 heavy (non-hydrogen) atoms. The first-order valence-electron chi connectivity index (χ1n) is 12.3. The Morgan fingerprint density at radius 3 is 1.34 bits per heavy atom. The molecule has 0 unspecified atom stereocenters. The van der Waals surface area contributed by atoms with Crippen LogP contribution in [0.2, 0.25) is 0 Å². The Morgan fingerprint density at radius 2 is 0.914 bits per heavy atom. The van der Waals surface area contributed by atoms with Crippen molar-refractivity contribution >= 4 is 0 Å². The van der Waals surface area contributed by atoms with Crippen molar-refractivity contribution in [2.24, 2.45) is 0 Å². The minimum absolute atomic E-state index is 0.847. The fourth-order valence-electron chi connectivity index (χ4n) is 3.94. The van der Waals surface area contributed by atoms with Gasteiger partial charge >= 0.3 is 0 Å². The highest BCUT2D eigenvalue weighted by Gasteiger charge is 2.04. The molecule has 4 rings (SSSR count). The summed E-state index contributed by atoms with van der Waals surface area (Å²) >= 11 is 0. The van der Waals surface area contributed by atoms with Crippen LogP contribution in [0.4, 0.5) is 0 Å². The lowest BCUT2D eigenvalue weighted by Crippen LogP contribution is -2.17. The summed E-state index contributed by atoms with van der Waals surface area (Å²) in [4.78, 5) is 17.8. The van der Waals surface area contributed by atoms with Gasteiger partial charge in [-0.1, -0.05) is 6.42 Å². The summed E-state index contributed by atoms with van der Waals surface area (Å²) in [5.74, 6) is 0. The molecule has 0 atom stereocenters. The first-order valence-corrected chi connectivity index (χ1v) is 12.3. The number of rotatable bonds is 12. The molecule has 0 spiro atoms. The third-order valence-electron chi connectivity index (χ3n) is 5.87. The van der Waals surface area contributed by atoms with Crippen LogP contribution in [0.1, 0.15) is 41.5 Å². The summed E-state index contributed by atoms with van der Waals surface area (Å²) in [6, 6.07) is 16.5. The van der Waals surface area contributed by atoms with E-state index in [0.717, 1.165) is 61.8 Å². The minimum atomic E-state index is 0.847. The van der Waals surface area contributed by atoms with Gasteiger partial charge in [0.1, 0.15) is 0 Å². The largest absolute Gasteiger partial charge is 0.313 e. The van der Waals surface area contributed by atoms with Gasteiger partial charge in [0.15, 0.2) is 0 Å². The topological polar surface area (TPSA) is 75.6 Å². The number of hydrogen-bond donors (Lipinski definition) is 2. The van der Waals surface area contributed by atoms with E-state index in [0.29, 0.717) is 0 Å². The van der Waals surface area contributed by atoms with Gasteiger partial charge in [0.05, 0.1) is 22.8 Å². The molecular formula is C29H34N6. The van der Waals surface area contributed by atoms with E-state index in [-0.39, 0.29) is 0 Å². The summed E-state index contributed by atoms with van der Waals surface area (Å²) in [5.41, 5.74) is 8.56. The number of unbranched alkanes of at least 4 members (excludes halogenated alkanes) is 2. The van der Waals surface area contributed by atoms with Crippen molar-refractivity contribution in [2.75, 3.05) is 13.1 Å². The van der Waals surface area contributed by atoms with Gasteiger partial charge in [0.25, 0.3) is 0 Å². The standard InChI is InChI=1S/C29H34N6/c1-22-6-12-32-26(16-22)28-18-24(8-14-34-28)20-30-10-4-3-5-11-31-21-25-9-15-35-29(19-25)27-17-23(2)7-13-33-27/h6-9,12-19,30-31H,3-5,10-11,20-21H2,1-2H3. The molecule has 0 aliphatic heterocycles. The summed E-state index contributed by atoms with van der Waals surface area (Å²) in [7, 11) is 0. The van der Waals surface area contributed by atoms with Crippen molar-refractivity contribution in [1.29, 1.82) is 0 Å². The zero-order valence-electron chi connectivity index (χ0n) is 20.7. The summed E-state index contributed by atoms with van der Waals surface area (Å²) < 4.78 is 0. The van der Waals surface area contributed by atoms with Crippen molar-refractivity contribution in [1.82, 2.24) is 30.6 Å². The Kier molecular flexibility index (Phi) is 9.04. The molecule has 0 aromatic carbocycles. The Balaban J connectivity index is 1.11. The lowest BCUT2D eigenvalue weighted by molar-refractivity contribution is 0.571. The van der Waals surface area contributed by atoms with Crippen molar-refractivity contribution in [2.45, 2.75) is 46.2 Å². The van der Waals surface area contributed by atoms with E-state index in [2.05, 4.69) is 80.8 Å². The smallest absolute Gasteiger partial charge is 0.0889 e. The molecule has 0 aliphatic carbocycles. The quantitative estimate of drug-likeness (QED) is 0.277. The normalized spacial score (nSPS) is 11.0. The van der Waals surface area contributed by atoms with Crippen molar-refractivity contribution in [3.63, 3.8) is 0 Å². The van der Waals surface area contributed by atoms with E-state index in [1.165, 1.54) is 28.7 Å². The Hall–Kier alpha value is -3.48. The van der Waals surface area contributed by atoms with Crippen molar-refractivity contribution in [3.8, 4) is 22.8 Å². The molecule has 0 aliphatic rings. The molecule has 4 heterocycles. The van der Waals surface area contributed by atoms with Crippen LogP contribution >= 0.6 is 0 Å². The lowest BCUT2D eigenvalue weighted by atomic mass is 10.1. The summed E-state index contributed by atoms with van der Waals surface area (Å²) in [6.07, 6.45) is 10.9. The van der Waals surface area contributed by atoms with Gasteiger partial charge in [-0.3, -0.25) is 19.9 Å². The molecule has 4 aromatic heterocycles. The number of nitrogens with zero attached hydrogens (tertiary/aromatic N) is 4. The maximum Gasteiger partial charge on any atom is 0.0889 e. The fourth-order valence-corrected chi connectivity index (χ4v) is 3.94. The molecule has 0 radical (unpaired) electrons. The number of pyridine rings is 4. The average molecular weight is 467 g/mol. The first kappa shape index (κ1) is 24.6. The zero-order chi connectivity index (χ0) is 24.3. The zero-order valence-corrected chi connectivity index (χ0v) is 20.7. The van der Waals surface area contributed by atoms with Gasteiger partial charge in [-0.15, -0.1) is 0 Å². The SMILES string of the molecule is Cc1ccnc(-c2cc(CNCCCCCNCc3ccnc(-c4cc(C)ccn4)c3)ccn2)c1. The second kappa shape index (κ2) is 12.8. The molecule has 0 bridgehead atoms. The summed E-state index contributed by atoms with van der Waals surface area (Å²) in [6.45, 7) is 7.87. The van der Waals surface area contributed by atoms with Gasteiger partial charge in [-0.2, -0.15) is 0 Å². The van der Waals surface area contributed by atoms with Crippen molar-refractivity contribution in [3.05, 3.63) is 95.6 Å². The summed E-state index contributed by atoms with van der Waals surface area (Å²) in [5, 5.41) is 7.11. The van der Waals surface area contributed by atoms with Crippen LogP contribution in [0.5, 0.6) is 0 Å².